The molecule has 0 fully saturated rings. The van der Waals surface area contributed by atoms with Crippen LogP contribution >= 0.6 is 0 Å². The highest BCUT2D eigenvalue weighted by Gasteiger charge is 2.27. The van der Waals surface area contributed by atoms with Gasteiger partial charge in [0.1, 0.15) is 0 Å². The van der Waals surface area contributed by atoms with Crippen molar-refractivity contribution in [3.05, 3.63) is 0 Å². The topological polar surface area (TPSA) is 60.7 Å². The highest BCUT2D eigenvalue weighted by molar-refractivity contribution is 6.71. The molecule has 3 N–H and O–H groups in total. The Morgan fingerprint density at radius 3 is 2.17 bits per heavy atom. The summed E-state index contributed by atoms with van der Waals surface area (Å²) in [7, 11) is -2.33. The molecule has 0 aromatic carbocycles. The first-order chi connectivity index (χ1) is 5.48. The van der Waals surface area contributed by atoms with E-state index in [2.05, 4.69) is 0 Å². The fourth-order valence-corrected chi connectivity index (χ4v) is 1.89. The van der Waals surface area contributed by atoms with Crippen LogP contribution in [0, 0.1) is 0 Å². The lowest BCUT2D eigenvalue weighted by Gasteiger charge is -2.21. The highest BCUT2D eigenvalue weighted by Crippen LogP contribution is 2.11. The van der Waals surface area contributed by atoms with Gasteiger partial charge in [-0.2, -0.15) is 0 Å². The van der Waals surface area contributed by atoms with Crippen molar-refractivity contribution in [1.29, 1.82) is 0 Å². The molecule has 0 spiro atoms. The van der Waals surface area contributed by atoms with E-state index in [0.717, 1.165) is 19.3 Å². The van der Waals surface area contributed by atoms with E-state index in [1.807, 2.05) is 0 Å². The third-order valence-corrected chi connectivity index (χ3v) is 3.87. The third kappa shape index (κ3) is 5.71. The molecule has 74 valence electrons. The SMILES string of the molecule is C[Si](C)(O)C(O)CCCCCO. The van der Waals surface area contributed by atoms with Crippen LogP contribution in [-0.2, 0) is 0 Å². The van der Waals surface area contributed by atoms with Crippen LogP contribution < -0.4 is 0 Å². The van der Waals surface area contributed by atoms with E-state index in [9.17, 15) is 9.90 Å². The van der Waals surface area contributed by atoms with Crippen LogP contribution in [-0.4, -0.2) is 35.7 Å². The molecule has 0 rings (SSSR count). The Bertz CT molecular complexity index is 111. The molecule has 1 unspecified atom stereocenters. The van der Waals surface area contributed by atoms with Gasteiger partial charge in [-0.15, -0.1) is 0 Å². The minimum Gasteiger partial charge on any atom is -0.430 e. The van der Waals surface area contributed by atoms with E-state index in [0.29, 0.717) is 6.42 Å². The molecule has 0 aliphatic rings. The Morgan fingerprint density at radius 2 is 1.75 bits per heavy atom. The standard InChI is InChI=1S/C8H20O3Si/c1-12(2,11)8(10)6-4-3-5-7-9/h8-11H,3-7H2,1-2H3. The summed E-state index contributed by atoms with van der Waals surface area (Å²) in [5.41, 5.74) is -0.517. The number of aliphatic hydroxyl groups is 2. The first kappa shape index (κ1) is 12.1. The molecule has 0 bridgehead atoms. The van der Waals surface area contributed by atoms with Crippen molar-refractivity contribution in [2.24, 2.45) is 0 Å². The van der Waals surface area contributed by atoms with Crippen LogP contribution in [0.3, 0.4) is 0 Å². The quantitative estimate of drug-likeness (QED) is 0.427. The lowest BCUT2D eigenvalue weighted by Crippen LogP contribution is -2.41. The summed E-state index contributed by atoms with van der Waals surface area (Å²) in [6, 6.07) is 0. The van der Waals surface area contributed by atoms with Gasteiger partial charge in [-0.05, 0) is 25.9 Å². The van der Waals surface area contributed by atoms with Gasteiger partial charge in [0.25, 0.3) is 0 Å². The van der Waals surface area contributed by atoms with Gasteiger partial charge in [0.05, 0.1) is 5.73 Å². The van der Waals surface area contributed by atoms with Crippen LogP contribution in [0.4, 0.5) is 0 Å². The summed E-state index contributed by atoms with van der Waals surface area (Å²) in [5.74, 6) is 0. The first-order valence-electron chi connectivity index (χ1n) is 4.49. The van der Waals surface area contributed by atoms with Crippen molar-refractivity contribution in [1.82, 2.24) is 0 Å². The van der Waals surface area contributed by atoms with Gasteiger partial charge >= 0.3 is 0 Å². The second-order valence-electron chi connectivity index (χ2n) is 3.74. The molecule has 4 heteroatoms. The lowest BCUT2D eigenvalue weighted by atomic mass is 10.2. The van der Waals surface area contributed by atoms with Crippen LogP contribution in [0.1, 0.15) is 25.7 Å². The van der Waals surface area contributed by atoms with Crippen molar-refractivity contribution in [2.75, 3.05) is 6.61 Å². The van der Waals surface area contributed by atoms with E-state index in [1.165, 1.54) is 0 Å². The summed E-state index contributed by atoms with van der Waals surface area (Å²) in [6.45, 7) is 3.70. The Morgan fingerprint density at radius 1 is 1.17 bits per heavy atom. The fraction of sp³-hybridized carbons (Fsp3) is 1.00. The molecule has 3 nitrogen and oxygen atoms in total. The molecule has 0 amide bonds. The van der Waals surface area contributed by atoms with Gasteiger partial charge in [-0.1, -0.05) is 12.8 Å². The van der Waals surface area contributed by atoms with Gasteiger partial charge < -0.3 is 15.0 Å². The summed E-state index contributed by atoms with van der Waals surface area (Å²) >= 11 is 0. The second kappa shape index (κ2) is 5.69. The lowest BCUT2D eigenvalue weighted by molar-refractivity contribution is 0.205. The van der Waals surface area contributed by atoms with E-state index in [4.69, 9.17) is 5.11 Å². The van der Waals surface area contributed by atoms with E-state index in [1.54, 1.807) is 13.1 Å². The highest BCUT2D eigenvalue weighted by atomic mass is 28.4. The van der Waals surface area contributed by atoms with Crippen molar-refractivity contribution in [3.8, 4) is 0 Å². The van der Waals surface area contributed by atoms with Crippen LogP contribution in [0.25, 0.3) is 0 Å². The molecule has 0 aromatic heterocycles. The Hall–Kier alpha value is 0.0969. The Balaban J connectivity index is 3.38. The molecule has 12 heavy (non-hydrogen) atoms. The van der Waals surface area contributed by atoms with Crippen molar-refractivity contribution in [2.45, 2.75) is 44.5 Å². The normalized spacial score (nSPS) is 14.8. The van der Waals surface area contributed by atoms with E-state index >= 15 is 0 Å². The monoisotopic (exact) mass is 192 g/mol. The van der Waals surface area contributed by atoms with Crippen molar-refractivity contribution < 1.29 is 15.0 Å². The maximum absolute atomic E-state index is 9.48. The minimum atomic E-state index is -2.33. The zero-order chi connectivity index (χ0) is 9.61. The van der Waals surface area contributed by atoms with Crippen molar-refractivity contribution in [3.63, 3.8) is 0 Å². The smallest absolute Gasteiger partial charge is 0.210 e. The summed E-state index contributed by atoms with van der Waals surface area (Å²) in [4.78, 5) is 9.48. The Kier molecular flexibility index (Phi) is 5.74. The van der Waals surface area contributed by atoms with E-state index in [-0.39, 0.29) is 6.61 Å². The summed E-state index contributed by atoms with van der Waals surface area (Å²) in [5, 5.41) is 17.9. The average molecular weight is 192 g/mol. The predicted octanol–water partition coefficient (Wildman–Crippen LogP) is 0.637. The number of aliphatic hydroxyl groups excluding tert-OH is 2. The molecule has 1 atom stereocenters. The third-order valence-electron chi connectivity index (χ3n) is 1.95. The largest absolute Gasteiger partial charge is 0.430 e. The molecule has 0 aliphatic heterocycles. The number of hydrogen-bond donors (Lipinski definition) is 3. The Labute approximate surface area is 75.2 Å². The van der Waals surface area contributed by atoms with Crippen LogP contribution in [0.15, 0.2) is 0 Å². The van der Waals surface area contributed by atoms with E-state index < -0.39 is 14.0 Å². The van der Waals surface area contributed by atoms with Gasteiger partial charge in [0.2, 0.25) is 8.32 Å². The van der Waals surface area contributed by atoms with Crippen LogP contribution in [0.5, 0.6) is 0 Å². The zero-order valence-electron chi connectivity index (χ0n) is 7.95. The molecule has 0 aliphatic carbocycles. The summed E-state index contributed by atoms with van der Waals surface area (Å²) in [6.07, 6.45) is 3.27. The maximum Gasteiger partial charge on any atom is 0.210 e. The van der Waals surface area contributed by atoms with Gasteiger partial charge in [-0.25, -0.2) is 0 Å². The fourth-order valence-electron chi connectivity index (χ4n) is 0.979. The van der Waals surface area contributed by atoms with Gasteiger partial charge in [0.15, 0.2) is 0 Å². The molecule has 0 saturated carbocycles. The predicted molar refractivity (Wildman–Crippen MR) is 51.3 cm³/mol. The summed E-state index contributed by atoms with van der Waals surface area (Å²) < 4.78 is 0. The zero-order valence-corrected chi connectivity index (χ0v) is 8.95. The number of unbranched alkanes of at least 4 members (excludes halogenated alkanes) is 2. The first-order valence-corrected chi connectivity index (χ1v) is 7.52. The molecule has 0 aromatic rings. The number of hydrogen-bond acceptors (Lipinski definition) is 3. The molecular formula is C8H20O3Si. The average Bonchev–Trinajstić information content (AvgIpc) is 1.96. The minimum absolute atomic E-state index is 0.218. The second-order valence-corrected chi connectivity index (χ2v) is 7.72. The maximum atomic E-state index is 9.48. The molecular weight excluding hydrogens is 172 g/mol. The molecule has 0 heterocycles. The number of rotatable bonds is 6. The molecule has 0 radical (unpaired) electrons. The van der Waals surface area contributed by atoms with Crippen LogP contribution in [0.2, 0.25) is 13.1 Å². The van der Waals surface area contributed by atoms with Crippen molar-refractivity contribution >= 4 is 8.32 Å². The molecule has 0 saturated heterocycles. The van der Waals surface area contributed by atoms with Gasteiger partial charge in [0, 0.05) is 6.61 Å². The van der Waals surface area contributed by atoms with Gasteiger partial charge in [-0.3, -0.25) is 0 Å².